The quantitative estimate of drug-likeness (QED) is 0.662. The number of amides is 1. The zero-order valence-electron chi connectivity index (χ0n) is 15.0. The van der Waals surface area contributed by atoms with Crippen LogP contribution in [0, 0.1) is 6.92 Å². The number of aryl methyl sites for hydroxylation is 1. The summed E-state index contributed by atoms with van der Waals surface area (Å²) in [5, 5.41) is 7.43. The molecule has 3 aromatic rings. The molecule has 5 heteroatoms. The van der Waals surface area contributed by atoms with E-state index in [1.165, 1.54) is 0 Å². The fourth-order valence-corrected chi connectivity index (χ4v) is 3.30. The van der Waals surface area contributed by atoms with Crippen LogP contribution in [0.2, 0.25) is 0 Å². The molecule has 3 N–H and O–H groups in total. The fraction of sp³-hybridized carbons (Fsp3) is 0.286. The van der Waals surface area contributed by atoms with Gasteiger partial charge in [-0.15, -0.1) is 0 Å². The normalized spacial score (nSPS) is 15.5. The summed E-state index contributed by atoms with van der Waals surface area (Å²) in [6.07, 6.45) is 2.11. The van der Waals surface area contributed by atoms with Crippen LogP contribution in [-0.2, 0) is 0 Å². The number of benzene rings is 2. The van der Waals surface area contributed by atoms with Crippen LogP contribution < -0.4 is 15.4 Å². The second-order valence-corrected chi connectivity index (χ2v) is 6.86. The highest BCUT2D eigenvalue weighted by Gasteiger charge is 2.20. The molecule has 0 aliphatic carbocycles. The second-order valence-electron chi connectivity index (χ2n) is 6.86. The molecule has 1 aromatic heterocycles. The van der Waals surface area contributed by atoms with E-state index in [2.05, 4.69) is 21.7 Å². The van der Waals surface area contributed by atoms with Crippen molar-refractivity contribution in [1.82, 2.24) is 15.6 Å². The lowest BCUT2D eigenvalue weighted by molar-refractivity contribution is 0.0937. The maximum atomic E-state index is 12.9. The number of H-pyrrole nitrogens is 1. The Kier molecular flexibility index (Phi) is 4.39. The van der Waals surface area contributed by atoms with Gasteiger partial charge in [-0.3, -0.25) is 4.79 Å². The molecule has 26 heavy (non-hydrogen) atoms. The monoisotopic (exact) mass is 349 g/mol. The van der Waals surface area contributed by atoms with Gasteiger partial charge in [0.15, 0.2) is 0 Å². The third-order valence-electron chi connectivity index (χ3n) is 4.94. The van der Waals surface area contributed by atoms with Gasteiger partial charge in [-0.1, -0.05) is 18.2 Å². The fourth-order valence-electron chi connectivity index (χ4n) is 3.30. The Morgan fingerprint density at radius 2 is 2.08 bits per heavy atom. The number of fused-ring (bicyclic) bond motifs is 1. The number of hydrogen-bond donors (Lipinski definition) is 3. The maximum absolute atomic E-state index is 12.9. The van der Waals surface area contributed by atoms with Gasteiger partial charge < -0.3 is 20.4 Å². The molecule has 0 saturated carbocycles. The Labute approximate surface area is 152 Å². The summed E-state index contributed by atoms with van der Waals surface area (Å²) in [6.45, 7) is 5.66. The maximum Gasteiger partial charge on any atom is 0.252 e. The molecule has 1 aliphatic heterocycles. The molecule has 2 heterocycles. The minimum Gasteiger partial charge on any atom is -0.488 e. The summed E-state index contributed by atoms with van der Waals surface area (Å²) in [5.74, 6) is 0.660. The van der Waals surface area contributed by atoms with Crippen molar-refractivity contribution in [1.29, 1.82) is 0 Å². The molecule has 4 rings (SSSR count). The number of aromatic nitrogens is 1. The summed E-state index contributed by atoms with van der Waals surface area (Å²) in [4.78, 5) is 16.1. The number of rotatable bonds is 5. The van der Waals surface area contributed by atoms with Crippen LogP contribution in [-0.4, -0.2) is 30.1 Å². The van der Waals surface area contributed by atoms with E-state index in [1.54, 1.807) is 0 Å². The first-order chi connectivity index (χ1) is 12.6. The number of carbonyl (C=O) groups is 1. The van der Waals surface area contributed by atoms with E-state index < -0.39 is 0 Å². The SMILES string of the molecule is Cc1ccc(OC2CNC2)cc1C(=O)N[C@H](C)c1cccc2[nH]ccc12. The van der Waals surface area contributed by atoms with Crippen LogP contribution in [0.3, 0.4) is 0 Å². The summed E-state index contributed by atoms with van der Waals surface area (Å²) < 4.78 is 5.89. The standard InChI is InChI=1S/C21H23N3O2/c1-13-6-7-15(26-16-11-22-12-16)10-19(13)21(25)24-14(2)17-4-3-5-20-18(17)8-9-23-20/h3-10,14,16,22-23H,11-12H2,1-2H3,(H,24,25)/t14-/m1/s1. The van der Waals surface area contributed by atoms with Gasteiger partial charge in [0.1, 0.15) is 11.9 Å². The molecule has 0 spiro atoms. The van der Waals surface area contributed by atoms with Crippen molar-refractivity contribution in [2.24, 2.45) is 0 Å². The molecule has 1 atom stereocenters. The first-order valence-corrected chi connectivity index (χ1v) is 8.96. The van der Waals surface area contributed by atoms with Crippen molar-refractivity contribution >= 4 is 16.8 Å². The predicted octanol–water partition coefficient (Wildman–Crippen LogP) is 3.32. The smallest absolute Gasteiger partial charge is 0.252 e. The first kappa shape index (κ1) is 16.7. The average Bonchev–Trinajstić information content (AvgIpc) is 3.07. The van der Waals surface area contributed by atoms with Gasteiger partial charge in [-0.05, 0) is 49.2 Å². The molecule has 1 fully saturated rings. The van der Waals surface area contributed by atoms with Crippen molar-refractivity contribution in [2.45, 2.75) is 26.0 Å². The highest BCUT2D eigenvalue weighted by molar-refractivity contribution is 5.96. The van der Waals surface area contributed by atoms with Gasteiger partial charge in [-0.25, -0.2) is 0 Å². The van der Waals surface area contributed by atoms with Crippen LogP contribution in [0.5, 0.6) is 5.75 Å². The first-order valence-electron chi connectivity index (χ1n) is 8.96. The topological polar surface area (TPSA) is 66.2 Å². The third-order valence-corrected chi connectivity index (χ3v) is 4.94. The molecule has 0 radical (unpaired) electrons. The third kappa shape index (κ3) is 3.18. The zero-order valence-corrected chi connectivity index (χ0v) is 15.0. The molecule has 1 saturated heterocycles. The van der Waals surface area contributed by atoms with Gasteiger partial charge in [0.2, 0.25) is 0 Å². The van der Waals surface area contributed by atoms with Gasteiger partial charge in [-0.2, -0.15) is 0 Å². The van der Waals surface area contributed by atoms with E-state index in [4.69, 9.17) is 4.74 Å². The number of aromatic amines is 1. The molecule has 0 unspecified atom stereocenters. The summed E-state index contributed by atoms with van der Waals surface area (Å²) >= 11 is 0. The number of hydrogen-bond acceptors (Lipinski definition) is 3. The lowest BCUT2D eigenvalue weighted by Crippen LogP contribution is -2.50. The molecule has 1 aliphatic rings. The average molecular weight is 349 g/mol. The minimum absolute atomic E-state index is 0.0836. The van der Waals surface area contributed by atoms with Crippen molar-refractivity contribution in [3.8, 4) is 5.75 Å². The van der Waals surface area contributed by atoms with E-state index in [9.17, 15) is 4.79 Å². The Hall–Kier alpha value is -2.79. The van der Waals surface area contributed by atoms with Gasteiger partial charge in [0.05, 0.1) is 6.04 Å². The Bertz CT molecular complexity index is 943. The van der Waals surface area contributed by atoms with Gasteiger partial charge in [0.25, 0.3) is 5.91 Å². The van der Waals surface area contributed by atoms with E-state index in [1.807, 2.05) is 56.4 Å². The van der Waals surface area contributed by atoms with Crippen LogP contribution in [0.1, 0.15) is 34.5 Å². The van der Waals surface area contributed by atoms with Crippen molar-refractivity contribution < 1.29 is 9.53 Å². The van der Waals surface area contributed by atoms with Crippen molar-refractivity contribution in [3.63, 3.8) is 0 Å². The van der Waals surface area contributed by atoms with E-state index in [-0.39, 0.29) is 18.1 Å². The largest absolute Gasteiger partial charge is 0.488 e. The Morgan fingerprint density at radius 1 is 1.23 bits per heavy atom. The van der Waals surface area contributed by atoms with E-state index in [0.29, 0.717) is 5.56 Å². The molecular formula is C21H23N3O2. The zero-order chi connectivity index (χ0) is 18.1. The van der Waals surface area contributed by atoms with Crippen LogP contribution in [0.4, 0.5) is 0 Å². The molecule has 5 nitrogen and oxygen atoms in total. The highest BCUT2D eigenvalue weighted by atomic mass is 16.5. The Morgan fingerprint density at radius 3 is 2.85 bits per heavy atom. The van der Waals surface area contributed by atoms with Gasteiger partial charge >= 0.3 is 0 Å². The summed E-state index contributed by atoms with van der Waals surface area (Å²) in [6, 6.07) is 13.7. The van der Waals surface area contributed by atoms with Crippen molar-refractivity contribution in [2.75, 3.05) is 13.1 Å². The van der Waals surface area contributed by atoms with Crippen LogP contribution in [0.15, 0.2) is 48.7 Å². The summed E-state index contributed by atoms with van der Waals surface area (Å²) in [7, 11) is 0. The number of ether oxygens (including phenoxy) is 1. The highest BCUT2D eigenvalue weighted by Crippen LogP contribution is 2.25. The Balaban J connectivity index is 1.53. The molecule has 2 aromatic carbocycles. The van der Waals surface area contributed by atoms with E-state index >= 15 is 0 Å². The molecule has 0 bridgehead atoms. The second kappa shape index (κ2) is 6.84. The van der Waals surface area contributed by atoms with Crippen LogP contribution >= 0.6 is 0 Å². The van der Waals surface area contributed by atoms with Gasteiger partial charge in [0, 0.05) is 35.8 Å². The number of nitrogens with one attached hydrogen (secondary N) is 3. The molecule has 1 amide bonds. The lowest BCUT2D eigenvalue weighted by atomic mass is 10.0. The summed E-state index contributed by atoms with van der Waals surface area (Å²) in [5.41, 5.74) is 3.77. The predicted molar refractivity (Wildman–Crippen MR) is 103 cm³/mol. The van der Waals surface area contributed by atoms with E-state index in [0.717, 1.165) is 40.9 Å². The molecule has 134 valence electrons. The minimum atomic E-state index is -0.0955. The lowest BCUT2D eigenvalue weighted by Gasteiger charge is -2.28. The van der Waals surface area contributed by atoms with Crippen LogP contribution in [0.25, 0.3) is 10.9 Å². The van der Waals surface area contributed by atoms with Crippen molar-refractivity contribution in [3.05, 3.63) is 65.4 Å². The number of carbonyl (C=O) groups excluding carboxylic acids is 1. The molecular weight excluding hydrogens is 326 g/mol.